The summed E-state index contributed by atoms with van der Waals surface area (Å²) in [6.45, 7) is 10.3. The number of benzene rings is 2. The van der Waals surface area contributed by atoms with Gasteiger partial charge < -0.3 is 10.2 Å². The fourth-order valence-electron chi connectivity index (χ4n) is 3.96. The van der Waals surface area contributed by atoms with E-state index >= 15 is 0 Å². The zero-order valence-corrected chi connectivity index (χ0v) is 15.5. The summed E-state index contributed by atoms with van der Waals surface area (Å²) in [4.78, 5) is 4.99. The summed E-state index contributed by atoms with van der Waals surface area (Å²) in [7, 11) is 0. The molecule has 0 amide bonds. The highest BCUT2D eigenvalue weighted by Crippen LogP contribution is 2.28. The van der Waals surface area contributed by atoms with Gasteiger partial charge in [0, 0.05) is 43.2 Å². The lowest BCUT2D eigenvalue weighted by molar-refractivity contribution is 0.301. The molecule has 3 nitrogen and oxygen atoms in total. The molecule has 132 valence electrons. The van der Waals surface area contributed by atoms with Crippen LogP contribution in [0.3, 0.4) is 0 Å². The summed E-state index contributed by atoms with van der Waals surface area (Å²) >= 11 is 0. The SMILES string of the molecule is CCN1Cc2ccc(Nc3ccc(N4CCC(C)CC4)cc3)cc2C1. The molecule has 0 unspecified atom stereocenters. The van der Waals surface area contributed by atoms with Crippen LogP contribution in [0.5, 0.6) is 0 Å². The molecule has 1 saturated heterocycles. The minimum Gasteiger partial charge on any atom is -0.372 e. The molecule has 2 heterocycles. The number of anilines is 3. The Kier molecular flexibility index (Phi) is 4.67. The van der Waals surface area contributed by atoms with Gasteiger partial charge in [-0.25, -0.2) is 0 Å². The fraction of sp³-hybridized carbons (Fsp3) is 0.455. The minimum absolute atomic E-state index is 0.876. The van der Waals surface area contributed by atoms with Gasteiger partial charge in [0.1, 0.15) is 0 Å². The molecular formula is C22H29N3. The molecule has 3 heteroatoms. The van der Waals surface area contributed by atoms with Crippen molar-refractivity contribution >= 4 is 17.1 Å². The first kappa shape index (κ1) is 16.5. The van der Waals surface area contributed by atoms with Gasteiger partial charge >= 0.3 is 0 Å². The number of nitrogens with zero attached hydrogens (tertiary/aromatic N) is 2. The highest BCUT2D eigenvalue weighted by molar-refractivity contribution is 5.64. The Labute approximate surface area is 151 Å². The summed E-state index contributed by atoms with van der Waals surface area (Å²) in [5.74, 6) is 0.876. The van der Waals surface area contributed by atoms with Crippen molar-refractivity contribution in [2.24, 2.45) is 5.92 Å². The normalized spacial score (nSPS) is 18.4. The monoisotopic (exact) mass is 335 g/mol. The summed E-state index contributed by atoms with van der Waals surface area (Å²) in [6.07, 6.45) is 2.62. The largest absolute Gasteiger partial charge is 0.372 e. The second kappa shape index (κ2) is 7.09. The first-order valence-electron chi connectivity index (χ1n) is 9.67. The standard InChI is InChI=1S/C22H29N3/c1-3-24-15-18-4-5-21(14-19(18)16-24)23-20-6-8-22(9-7-20)25-12-10-17(2)11-13-25/h4-9,14,17,23H,3,10-13,15-16H2,1-2H3. The van der Waals surface area contributed by atoms with Gasteiger partial charge in [0.2, 0.25) is 0 Å². The van der Waals surface area contributed by atoms with E-state index in [9.17, 15) is 0 Å². The van der Waals surface area contributed by atoms with Gasteiger partial charge in [-0.3, -0.25) is 4.90 Å². The van der Waals surface area contributed by atoms with Gasteiger partial charge in [0.15, 0.2) is 0 Å². The predicted octanol–water partition coefficient (Wildman–Crippen LogP) is 5.00. The first-order valence-corrected chi connectivity index (χ1v) is 9.67. The molecule has 4 rings (SSSR count). The third-order valence-electron chi connectivity index (χ3n) is 5.75. The molecule has 0 saturated carbocycles. The second-order valence-electron chi connectivity index (χ2n) is 7.63. The molecule has 0 spiro atoms. The van der Waals surface area contributed by atoms with Crippen LogP contribution in [0.4, 0.5) is 17.1 Å². The van der Waals surface area contributed by atoms with Crippen molar-refractivity contribution < 1.29 is 0 Å². The van der Waals surface area contributed by atoms with Crippen LogP contribution in [-0.2, 0) is 13.1 Å². The van der Waals surface area contributed by atoms with Gasteiger partial charge in [-0.05, 0) is 72.8 Å². The minimum atomic E-state index is 0.876. The van der Waals surface area contributed by atoms with E-state index < -0.39 is 0 Å². The van der Waals surface area contributed by atoms with Crippen LogP contribution in [0.2, 0.25) is 0 Å². The molecule has 2 aliphatic heterocycles. The van der Waals surface area contributed by atoms with E-state index in [1.165, 1.54) is 54.1 Å². The van der Waals surface area contributed by atoms with Crippen molar-refractivity contribution in [2.75, 3.05) is 29.9 Å². The Balaban J connectivity index is 1.42. The molecule has 2 aromatic carbocycles. The van der Waals surface area contributed by atoms with E-state index in [0.29, 0.717) is 0 Å². The maximum absolute atomic E-state index is 3.57. The predicted molar refractivity (Wildman–Crippen MR) is 107 cm³/mol. The molecule has 1 fully saturated rings. The lowest BCUT2D eigenvalue weighted by Crippen LogP contribution is -2.32. The Morgan fingerprint density at radius 3 is 2.32 bits per heavy atom. The molecule has 0 atom stereocenters. The maximum Gasteiger partial charge on any atom is 0.0387 e. The van der Waals surface area contributed by atoms with Crippen molar-refractivity contribution in [1.82, 2.24) is 4.90 Å². The molecule has 2 aromatic rings. The molecule has 0 bridgehead atoms. The van der Waals surface area contributed by atoms with Crippen molar-refractivity contribution in [2.45, 2.75) is 39.8 Å². The Morgan fingerprint density at radius 2 is 1.60 bits per heavy atom. The van der Waals surface area contributed by atoms with E-state index in [1.807, 2.05) is 0 Å². The molecule has 0 aliphatic carbocycles. The number of rotatable bonds is 4. The summed E-state index contributed by atoms with van der Waals surface area (Å²) in [5, 5.41) is 3.57. The molecule has 0 aromatic heterocycles. The average Bonchev–Trinajstić information content (AvgIpc) is 3.06. The maximum atomic E-state index is 3.57. The number of nitrogens with one attached hydrogen (secondary N) is 1. The van der Waals surface area contributed by atoms with E-state index in [2.05, 4.69) is 71.4 Å². The molecule has 1 N–H and O–H groups in total. The van der Waals surface area contributed by atoms with Crippen LogP contribution in [0.15, 0.2) is 42.5 Å². The smallest absolute Gasteiger partial charge is 0.0387 e. The summed E-state index contributed by atoms with van der Waals surface area (Å²) in [5.41, 5.74) is 6.65. The van der Waals surface area contributed by atoms with Gasteiger partial charge in [-0.2, -0.15) is 0 Å². The van der Waals surface area contributed by atoms with Crippen LogP contribution in [-0.4, -0.2) is 24.5 Å². The first-order chi connectivity index (χ1) is 12.2. The zero-order valence-electron chi connectivity index (χ0n) is 15.5. The van der Waals surface area contributed by atoms with Crippen molar-refractivity contribution in [3.8, 4) is 0 Å². The quantitative estimate of drug-likeness (QED) is 0.848. The van der Waals surface area contributed by atoms with E-state index in [4.69, 9.17) is 0 Å². The Morgan fingerprint density at radius 1 is 0.920 bits per heavy atom. The molecule has 25 heavy (non-hydrogen) atoms. The average molecular weight is 335 g/mol. The number of piperidine rings is 1. The Hall–Kier alpha value is -2.00. The van der Waals surface area contributed by atoms with Crippen LogP contribution in [0.25, 0.3) is 0 Å². The topological polar surface area (TPSA) is 18.5 Å². The summed E-state index contributed by atoms with van der Waals surface area (Å²) in [6, 6.07) is 15.7. The van der Waals surface area contributed by atoms with Crippen molar-refractivity contribution in [3.63, 3.8) is 0 Å². The van der Waals surface area contributed by atoms with E-state index in [-0.39, 0.29) is 0 Å². The lowest BCUT2D eigenvalue weighted by Gasteiger charge is -2.32. The second-order valence-corrected chi connectivity index (χ2v) is 7.63. The number of fused-ring (bicyclic) bond motifs is 1. The number of hydrogen-bond acceptors (Lipinski definition) is 3. The van der Waals surface area contributed by atoms with Gasteiger partial charge in [-0.15, -0.1) is 0 Å². The van der Waals surface area contributed by atoms with Gasteiger partial charge in [0.05, 0.1) is 0 Å². The number of hydrogen-bond donors (Lipinski definition) is 1. The lowest BCUT2D eigenvalue weighted by atomic mass is 9.99. The Bertz CT molecular complexity index is 715. The zero-order chi connectivity index (χ0) is 17.2. The molecule has 2 aliphatic rings. The van der Waals surface area contributed by atoms with E-state index in [0.717, 1.165) is 25.6 Å². The summed E-state index contributed by atoms with van der Waals surface area (Å²) < 4.78 is 0. The van der Waals surface area contributed by atoms with Crippen LogP contribution >= 0.6 is 0 Å². The van der Waals surface area contributed by atoms with Gasteiger partial charge in [0.25, 0.3) is 0 Å². The third-order valence-corrected chi connectivity index (χ3v) is 5.75. The fourth-order valence-corrected chi connectivity index (χ4v) is 3.96. The van der Waals surface area contributed by atoms with Crippen LogP contribution < -0.4 is 10.2 Å². The molecular weight excluding hydrogens is 306 g/mol. The molecule has 0 radical (unpaired) electrons. The van der Waals surface area contributed by atoms with Crippen molar-refractivity contribution in [1.29, 1.82) is 0 Å². The van der Waals surface area contributed by atoms with Crippen LogP contribution in [0, 0.1) is 5.92 Å². The van der Waals surface area contributed by atoms with Crippen LogP contribution in [0.1, 0.15) is 37.8 Å². The van der Waals surface area contributed by atoms with Gasteiger partial charge in [-0.1, -0.05) is 19.9 Å². The van der Waals surface area contributed by atoms with E-state index in [1.54, 1.807) is 0 Å². The third kappa shape index (κ3) is 3.67. The van der Waals surface area contributed by atoms with Crippen molar-refractivity contribution in [3.05, 3.63) is 53.6 Å². The highest BCUT2D eigenvalue weighted by atomic mass is 15.1. The highest BCUT2D eigenvalue weighted by Gasteiger charge is 2.18.